The molecule has 10 rings (SSSR count). The van der Waals surface area contributed by atoms with Crippen LogP contribution in [0.2, 0.25) is 0 Å². The van der Waals surface area contributed by atoms with Gasteiger partial charge in [0.15, 0.2) is 0 Å². The predicted molar refractivity (Wildman–Crippen MR) is 181 cm³/mol. The van der Waals surface area contributed by atoms with Gasteiger partial charge in [-0.3, -0.25) is 0 Å². The van der Waals surface area contributed by atoms with Crippen LogP contribution in [0.3, 0.4) is 0 Å². The minimum atomic E-state index is 0.622. The van der Waals surface area contributed by atoms with Gasteiger partial charge in [-0.15, -0.1) is 0 Å². The molecule has 6 aromatic rings. The van der Waals surface area contributed by atoms with Crippen LogP contribution in [0.5, 0.6) is 0 Å². The van der Waals surface area contributed by atoms with Gasteiger partial charge in [-0.1, -0.05) is 83.8 Å². The number of hydrogen-bond acceptors (Lipinski definition) is 0. The second kappa shape index (κ2) is 11.8. The summed E-state index contributed by atoms with van der Waals surface area (Å²) in [5, 5.41) is 2.48. The highest BCUT2D eigenvalue weighted by Crippen LogP contribution is 2.27. The van der Waals surface area contributed by atoms with E-state index in [0.29, 0.717) is 25.9 Å². The molecule has 4 aromatic carbocycles. The molecule has 0 saturated carbocycles. The highest BCUT2D eigenvalue weighted by molar-refractivity contribution is 5.87. The van der Waals surface area contributed by atoms with E-state index in [-0.39, 0.29) is 0 Å². The van der Waals surface area contributed by atoms with Crippen LogP contribution in [0.4, 0.5) is 0 Å². The molecule has 2 aromatic heterocycles. The van der Waals surface area contributed by atoms with Crippen LogP contribution in [0.15, 0.2) is 97.1 Å². The first-order valence-corrected chi connectivity index (χ1v) is 14.9. The van der Waals surface area contributed by atoms with Crippen molar-refractivity contribution in [1.82, 2.24) is 9.13 Å². The second-order valence-electron chi connectivity index (χ2n) is 11.0. The van der Waals surface area contributed by atoms with Crippen LogP contribution in [0, 0.1) is 61.2 Å². The first kappa shape index (κ1) is 27.1. The maximum Gasteiger partial charge on any atom is 0.0844 e. The summed E-state index contributed by atoms with van der Waals surface area (Å²) in [7, 11) is 0. The van der Waals surface area contributed by atoms with Gasteiger partial charge in [-0.25, -0.2) is 0 Å². The molecule has 2 nitrogen and oxygen atoms in total. The van der Waals surface area contributed by atoms with E-state index in [1.807, 2.05) is 0 Å². The summed E-state index contributed by atoms with van der Waals surface area (Å²) in [5.41, 5.74) is 11.3. The van der Waals surface area contributed by atoms with E-state index in [1.54, 1.807) is 0 Å². The van der Waals surface area contributed by atoms with Crippen LogP contribution >= 0.6 is 0 Å². The number of fused-ring (bicyclic) bond motifs is 2. The van der Waals surface area contributed by atoms with Gasteiger partial charge in [-0.05, 0) is 85.6 Å². The Kier molecular flexibility index (Phi) is 7.27. The molecule has 0 aliphatic carbocycles. The summed E-state index contributed by atoms with van der Waals surface area (Å²) in [6.45, 7) is 5.59. The Balaban J connectivity index is 1.28. The molecule has 208 valence electrons. The normalized spacial score (nSPS) is 12.4. The molecule has 4 aliphatic heterocycles. The van der Waals surface area contributed by atoms with Gasteiger partial charge >= 0.3 is 0 Å². The van der Waals surface area contributed by atoms with Crippen LogP contribution in [0.1, 0.15) is 44.8 Å². The number of para-hydroxylation sites is 2. The zero-order chi connectivity index (χ0) is 29.9. The number of hydrogen-bond donors (Lipinski definition) is 0. The van der Waals surface area contributed by atoms with Crippen molar-refractivity contribution in [2.45, 2.75) is 39.8 Å². The third-order valence-electron chi connectivity index (χ3n) is 8.43. The fourth-order valence-corrected chi connectivity index (χ4v) is 6.04. The van der Waals surface area contributed by atoms with Crippen LogP contribution in [-0.4, -0.2) is 9.13 Å². The Hall–Kier alpha value is -5.80. The molecule has 0 amide bonds. The van der Waals surface area contributed by atoms with Crippen molar-refractivity contribution in [2.75, 3.05) is 0 Å². The van der Waals surface area contributed by atoms with E-state index >= 15 is 0 Å². The quantitative estimate of drug-likeness (QED) is 0.167. The Morgan fingerprint density at radius 3 is 1.16 bits per heavy atom. The molecule has 44 heavy (non-hydrogen) atoms. The standard InChI is InChI=1S/C42H30N2/c1-31-37-17-7-11-33-21-27-36(28-22-33)14-10-30-44-32(2)38(40-16-4-6-20-42(40)44)18-8-12-34-23-25-35(26-24-34)13-9-29-43(31)41-19-5-3-15-39(37)41/h3-6,15-16,19-28H,17-18,29-30H2,1-2H3. The topological polar surface area (TPSA) is 9.86 Å². The van der Waals surface area contributed by atoms with Gasteiger partial charge in [0.2, 0.25) is 0 Å². The molecule has 0 spiro atoms. The van der Waals surface area contributed by atoms with Gasteiger partial charge in [0.25, 0.3) is 0 Å². The molecule has 0 radical (unpaired) electrons. The lowest BCUT2D eigenvalue weighted by Gasteiger charge is -2.03. The van der Waals surface area contributed by atoms with Crippen molar-refractivity contribution in [2.24, 2.45) is 0 Å². The lowest BCUT2D eigenvalue weighted by Crippen LogP contribution is -1.99. The summed E-state index contributed by atoms with van der Waals surface area (Å²) in [6, 6.07) is 33.6. The highest BCUT2D eigenvalue weighted by atomic mass is 15.0. The molecular formula is C42H30N2. The molecule has 0 N–H and O–H groups in total. The second-order valence-corrected chi connectivity index (χ2v) is 11.0. The zero-order valence-electron chi connectivity index (χ0n) is 25.0. The van der Waals surface area contributed by atoms with Crippen LogP contribution in [-0.2, 0) is 25.9 Å². The molecule has 0 saturated heterocycles. The third kappa shape index (κ3) is 5.28. The smallest absolute Gasteiger partial charge is 0.0844 e. The summed E-state index contributed by atoms with van der Waals surface area (Å²) < 4.78 is 4.60. The zero-order valence-corrected chi connectivity index (χ0v) is 25.0. The molecule has 8 bridgehead atoms. The molecule has 2 heteroatoms. The molecule has 0 atom stereocenters. The minimum absolute atomic E-state index is 0.622. The van der Waals surface area contributed by atoms with Gasteiger partial charge in [-0.2, -0.15) is 0 Å². The fourth-order valence-electron chi connectivity index (χ4n) is 6.04. The van der Waals surface area contributed by atoms with Gasteiger partial charge in [0.05, 0.1) is 13.1 Å². The van der Waals surface area contributed by atoms with E-state index in [4.69, 9.17) is 0 Å². The number of aromatic nitrogens is 2. The summed E-state index contributed by atoms with van der Waals surface area (Å²) in [6.07, 6.45) is 1.37. The van der Waals surface area contributed by atoms with Crippen molar-refractivity contribution in [3.63, 3.8) is 0 Å². The van der Waals surface area contributed by atoms with E-state index in [9.17, 15) is 0 Å². The Labute approximate surface area is 259 Å². The maximum absolute atomic E-state index is 3.42. The average molecular weight is 563 g/mol. The number of rotatable bonds is 0. The monoisotopic (exact) mass is 562 g/mol. The van der Waals surface area contributed by atoms with Gasteiger partial charge < -0.3 is 9.13 Å². The van der Waals surface area contributed by atoms with E-state index in [1.165, 1.54) is 44.3 Å². The van der Waals surface area contributed by atoms with E-state index < -0.39 is 0 Å². The SMILES string of the molecule is Cc1c2c3ccccc3n1CC#Cc1ccc(cc1)C#CCc1c(C)n(c3ccccc13)CC#Cc1ccc(cc1)C#CC2. The maximum atomic E-state index is 3.42. The lowest BCUT2D eigenvalue weighted by atomic mass is 10.1. The van der Waals surface area contributed by atoms with E-state index in [2.05, 4.69) is 167 Å². The average Bonchev–Trinajstić information content (AvgIpc) is 3.48. The Morgan fingerprint density at radius 1 is 0.432 bits per heavy atom. The molecule has 6 heterocycles. The van der Waals surface area contributed by atoms with Gasteiger partial charge in [0, 0.05) is 68.3 Å². The van der Waals surface area contributed by atoms with Crippen molar-refractivity contribution in [3.05, 3.63) is 142 Å². The van der Waals surface area contributed by atoms with E-state index in [0.717, 1.165) is 22.3 Å². The third-order valence-corrected chi connectivity index (χ3v) is 8.43. The number of nitrogens with zero attached hydrogens (tertiary/aromatic N) is 2. The first-order valence-electron chi connectivity index (χ1n) is 14.9. The van der Waals surface area contributed by atoms with Crippen molar-refractivity contribution in [3.8, 4) is 47.4 Å². The van der Waals surface area contributed by atoms with Crippen LogP contribution < -0.4 is 0 Å². The number of benzene rings is 4. The van der Waals surface area contributed by atoms with Crippen molar-refractivity contribution in [1.29, 1.82) is 0 Å². The lowest BCUT2D eigenvalue weighted by molar-refractivity contribution is 0.839. The Morgan fingerprint density at radius 2 is 0.773 bits per heavy atom. The Bertz CT molecular complexity index is 1970. The van der Waals surface area contributed by atoms with Crippen molar-refractivity contribution >= 4 is 21.8 Å². The van der Waals surface area contributed by atoms with Crippen LogP contribution in [0.25, 0.3) is 21.8 Å². The fraction of sp³-hybridized carbons (Fsp3) is 0.143. The first-order chi connectivity index (χ1) is 21.7. The summed E-state index contributed by atoms with van der Waals surface area (Å²) >= 11 is 0. The molecule has 0 unspecified atom stereocenters. The highest BCUT2D eigenvalue weighted by Gasteiger charge is 2.13. The largest absolute Gasteiger partial charge is 0.333 e. The minimum Gasteiger partial charge on any atom is -0.333 e. The molecule has 4 aliphatic rings. The summed E-state index contributed by atoms with van der Waals surface area (Å²) in [4.78, 5) is 0. The molecule has 0 fully saturated rings. The predicted octanol–water partition coefficient (Wildman–Crippen LogP) is 7.82. The molecular weight excluding hydrogens is 532 g/mol. The summed E-state index contributed by atoms with van der Waals surface area (Å²) in [5.74, 6) is 27.1. The van der Waals surface area contributed by atoms with Gasteiger partial charge in [0.1, 0.15) is 0 Å². The van der Waals surface area contributed by atoms with Crippen molar-refractivity contribution < 1.29 is 0 Å².